The third-order valence-corrected chi connectivity index (χ3v) is 2.91. The predicted octanol–water partition coefficient (Wildman–Crippen LogP) is 2.97. The Kier molecular flexibility index (Phi) is 3.47. The van der Waals surface area contributed by atoms with Gasteiger partial charge >= 0.3 is 5.97 Å². The smallest absolute Gasteiger partial charge is 0.306 e. The molecular formula is C14H17NO2. The van der Waals surface area contributed by atoms with E-state index in [0.29, 0.717) is 13.0 Å². The van der Waals surface area contributed by atoms with Crippen molar-refractivity contribution in [2.45, 2.75) is 26.7 Å². The highest BCUT2D eigenvalue weighted by Gasteiger charge is 2.08. The normalized spacial score (nSPS) is 10.7. The lowest BCUT2D eigenvalue weighted by molar-refractivity contribution is -0.143. The van der Waals surface area contributed by atoms with Gasteiger partial charge in [0.15, 0.2) is 0 Å². The van der Waals surface area contributed by atoms with Gasteiger partial charge in [-0.1, -0.05) is 18.2 Å². The SMILES string of the molecule is CCOC(=O)CCc1c[nH]c2c(C)cccc12. The molecule has 0 saturated heterocycles. The molecule has 0 aliphatic rings. The Morgan fingerprint density at radius 1 is 1.41 bits per heavy atom. The van der Waals surface area contributed by atoms with Crippen LogP contribution in [-0.4, -0.2) is 17.6 Å². The molecule has 1 aromatic carbocycles. The van der Waals surface area contributed by atoms with Crippen molar-refractivity contribution >= 4 is 16.9 Å². The Morgan fingerprint density at radius 3 is 3.00 bits per heavy atom. The van der Waals surface area contributed by atoms with Crippen molar-refractivity contribution in [3.05, 3.63) is 35.5 Å². The van der Waals surface area contributed by atoms with E-state index in [9.17, 15) is 4.79 Å². The first kappa shape index (κ1) is 11.7. The Bertz CT molecular complexity index is 528. The Hall–Kier alpha value is -1.77. The molecule has 0 unspecified atom stereocenters. The minimum Gasteiger partial charge on any atom is -0.466 e. The number of carbonyl (C=O) groups excluding carboxylic acids is 1. The van der Waals surface area contributed by atoms with E-state index in [-0.39, 0.29) is 5.97 Å². The maximum Gasteiger partial charge on any atom is 0.306 e. The number of aryl methyl sites for hydroxylation is 2. The van der Waals surface area contributed by atoms with Gasteiger partial charge in [-0.2, -0.15) is 0 Å². The number of rotatable bonds is 4. The van der Waals surface area contributed by atoms with Gasteiger partial charge in [-0.25, -0.2) is 0 Å². The molecule has 0 aliphatic carbocycles. The van der Waals surface area contributed by atoms with Gasteiger partial charge < -0.3 is 9.72 Å². The molecule has 0 bridgehead atoms. The van der Waals surface area contributed by atoms with Crippen LogP contribution < -0.4 is 0 Å². The number of aromatic amines is 1. The summed E-state index contributed by atoms with van der Waals surface area (Å²) in [6.45, 7) is 4.35. The van der Waals surface area contributed by atoms with Gasteiger partial charge in [-0.15, -0.1) is 0 Å². The second-order valence-corrected chi connectivity index (χ2v) is 4.12. The molecule has 17 heavy (non-hydrogen) atoms. The fraction of sp³-hybridized carbons (Fsp3) is 0.357. The van der Waals surface area contributed by atoms with Crippen LogP contribution in [0.2, 0.25) is 0 Å². The summed E-state index contributed by atoms with van der Waals surface area (Å²) in [6.07, 6.45) is 3.15. The fourth-order valence-electron chi connectivity index (χ4n) is 2.04. The zero-order valence-electron chi connectivity index (χ0n) is 10.2. The second-order valence-electron chi connectivity index (χ2n) is 4.12. The van der Waals surface area contributed by atoms with Crippen LogP contribution >= 0.6 is 0 Å². The number of hydrogen-bond acceptors (Lipinski definition) is 2. The molecule has 1 N–H and O–H groups in total. The predicted molar refractivity (Wildman–Crippen MR) is 68.0 cm³/mol. The minimum absolute atomic E-state index is 0.130. The van der Waals surface area contributed by atoms with Gasteiger partial charge in [0.2, 0.25) is 0 Å². The molecule has 0 amide bonds. The number of hydrogen-bond donors (Lipinski definition) is 1. The van der Waals surface area contributed by atoms with Gasteiger partial charge in [-0.3, -0.25) is 4.79 Å². The van der Waals surface area contributed by atoms with E-state index in [1.165, 1.54) is 16.5 Å². The summed E-state index contributed by atoms with van der Waals surface area (Å²) >= 11 is 0. The average molecular weight is 231 g/mol. The minimum atomic E-state index is -0.130. The summed E-state index contributed by atoms with van der Waals surface area (Å²) in [4.78, 5) is 14.6. The van der Waals surface area contributed by atoms with Crippen LogP contribution in [0.1, 0.15) is 24.5 Å². The van der Waals surface area contributed by atoms with Gasteiger partial charge in [0.1, 0.15) is 0 Å². The van der Waals surface area contributed by atoms with Crippen molar-refractivity contribution < 1.29 is 9.53 Å². The molecule has 90 valence electrons. The molecule has 0 radical (unpaired) electrons. The van der Waals surface area contributed by atoms with Crippen molar-refractivity contribution in [3.8, 4) is 0 Å². The monoisotopic (exact) mass is 231 g/mol. The van der Waals surface area contributed by atoms with E-state index in [2.05, 4.69) is 24.0 Å². The molecule has 0 spiro atoms. The highest BCUT2D eigenvalue weighted by Crippen LogP contribution is 2.22. The van der Waals surface area contributed by atoms with Crippen molar-refractivity contribution in [1.82, 2.24) is 4.98 Å². The summed E-state index contributed by atoms with van der Waals surface area (Å²) in [7, 11) is 0. The van der Waals surface area contributed by atoms with Crippen LogP contribution in [0.25, 0.3) is 10.9 Å². The number of fused-ring (bicyclic) bond motifs is 1. The first-order chi connectivity index (χ1) is 8.22. The van der Waals surface area contributed by atoms with E-state index in [4.69, 9.17) is 4.74 Å². The number of ether oxygens (including phenoxy) is 1. The molecule has 1 aromatic heterocycles. The maximum absolute atomic E-state index is 11.3. The van der Waals surface area contributed by atoms with E-state index >= 15 is 0 Å². The largest absolute Gasteiger partial charge is 0.466 e. The van der Waals surface area contributed by atoms with Crippen LogP contribution in [0.3, 0.4) is 0 Å². The first-order valence-corrected chi connectivity index (χ1v) is 5.93. The van der Waals surface area contributed by atoms with Crippen LogP contribution in [0.4, 0.5) is 0 Å². The Balaban J connectivity index is 2.14. The van der Waals surface area contributed by atoms with Crippen molar-refractivity contribution in [2.24, 2.45) is 0 Å². The fourth-order valence-corrected chi connectivity index (χ4v) is 2.04. The average Bonchev–Trinajstić information content (AvgIpc) is 2.72. The number of benzene rings is 1. The number of nitrogens with one attached hydrogen (secondary N) is 1. The summed E-state index contributed by atoms with van der Waals surface area (Å²) in [5.41, 5.74) is 3.56. The lowest BCUT2D eigenvalue weighted by Crippen LogP contribution is -2.04. The third kappa shape index (κ3) is 2.49. The van der Waals surface area contributed by atoms with Crippen LogP contribution in [0, 0.1) is 6.92 Å². The van der Waals surface area contributed by atoms with E-state index in [0.717, 1.165) is 11.9 Å². The summed E-state index contributed by atoms with van der Waals surface area (Å²) in [6, 6.07) is 6.20. The summed E-state index contributed by atoms with van der Waals surface area (Å²) < 4.78 is 4.93. The Morgan fingerprint density at radius 2 is 2.24 bits per heavy atom. The summed E-state index contributed by atoms with van der Waals surface area (Å²) in [5.74, 6) is -0.130. The van der Waals surface area contributed by atoms with E-state index in [1.54, 1.807) is 0 Å². The number of H-pyrrole nitrogens is 1. The van der Waals surface area contributed by atoms with Crippen LogP contribution in [0.15, 0.2) is 24.4 Å². The molecule has 2 rings (SSSR count). The molecule has 1 heterocycles. The van der Waals surface area contributed by atoms with Crippen LogP contribution in [0.5, 0.6) is 0 Å². The van der Waals surface area contributed by atoms with E-state index < -0.39 is 0 Å². The zero-order valence-corrected chi connectivity index (χ0v) is 10.2. The Labute approximate surface area is 101 Å². The quantitative estimate of drug-likeness (QED) is 0.822. The number of esters is 1. The van der Waals surface area contributed by atoms with Crippen LogP contribution in [-0.2, 0) is 16.0 Å². The first-order valence-electron chi connectivity index (χ1n) is 5.93. The molecule has 3 heteroatoms. The summed E-state index contributed by atoms with van der Waals surface area (Å²) in [5, 5.41) is 1.20. The van der Waals surface area contributed by atoms with Gasteiger partial charge in [0, 0.05) is 23.5 Å². The highest BCUT2D eigenvalue weighted by molar-refractivity contribution is 5.86. The molecule has 0 saturated carbocycles. The van der Waals surface area contributed by atoms with Crippen molar-refractivity contribution in [3.63, 3.8) is 0 Å². The van der Waals surface area contributed by atoms with Crippen molar-refractivity contribution in [2.75, 3.05) is 6.61 Å². The van der Waals surface area contributed by atoms with Gasteiger partial charge in [0.25, 0.3) is 0 Å². The zero-order chi connectivity index (χ0) is 12.3. The van der Waals surface area contributed by atoms with Crippen molar-refractivity contribution in [1.29, 1.82) is 0 Å². The van der Waals surface area contributed by atoms with Gasteiger partial charge in [0.05, 0.1) is 6.61 Å². The highest BCUT2D eigenvalue weighted by atomic mass is 16.5. The van der Waals surface area contributed by atoms with Gasteiger partial charge in [-0.05, 0) is 31.4 Å². The molecule has 2 aromatic rings. The molecule has 0 atom stereocenters. The molecule has 3 nitrogen and oxygen atoms in total. The number of carbonyl (C=O) groups is 1. The standard InChI is InChI=1S/C14H17NO2/c1-3-17-13(16)8-7-11-9-15-14-10(2)5-4-6-12(11)14/h4-6,9,15H,3,7-8H2,1-2H3. The third-order valence-electron chi connectivity index (χ3n) is 2.91. The molecule has 0 aliphatic heterocycles. The lowest BCUT2D eigenvalue weighted by atomic mass is 10.1. The second kappa shape index (κ2) is 5.04. The van der Waals surface area contributed by atoms with E-state index in [1.807, 2.05) is 19.2 Å². The lowest BCUT2D eigenvalue weighted by Gasteiger charge is -2.01. The topological polar surface area (TPSA) is 42.1 Å². The maximum atomic E-state index is 11.3. The molecule has 0 fully saturated rings. The molecular weight excluding hydrogens is 214 g/mol. The number of aromatic nitrogens is 1. The number of para-hydroxylation sites is 1.